The van der Waals surface area contributed by atoms with Gasteiger partial charge < -0.3 is 4.74 Å². The number of hydrogen-bond acceptors (Lipinski definition) is 2. The normalized spacial score (nSPS) is 26.8. The summed E-state index contributed by atoms with van der Waals surface area (Å²) in [4.78, 5) is 12.0. The van der Waals surface area contributed by atoms with Gasteiger partial charge in [0.2, 0.25) is 0 Å². The molecule has 0 aromatic rings. The summed E-state index contributed by atoms with van der Waals surface area (Å²) in [5.41, 5.74) is 0.342. The second-order valence-electron chi connectivity index (χ2n) is 8.28. The Bertz CT molecular complexity index is 365. The van der Waals surface area contributed by atoms with Crippen LogP contribution in [-0.4, -0.2) is 27.7 Å². The number of esters is 1. The highest BCUT2D eigenvalue weighted by atomic mass is 28.3. The molecule has 1 rings (SSSR count). The molecule has 0 amide bonds. The Balaban J connectivity index is 2.96. The zero-order valence-electron chi connectivity index (χ0n) is 13.6. The van der Waals surface area contributed by atoms with E-state index in [1.807, 2.05) is 0 Å². The van der Waals surface area contributed by atoms with E-state index in [-0.39, 0.29) is 11.6 Å². The first kappa shape index (κ1) is 16.7. The van der Waals surface area contributed by atoms with Crippen molar-refractivity contribution in [2.24, 2.45) is 0 Å². The molecule has 0 spiro atoms. The highest BCUT2D eigenvalue weighted by molar-refractivity contribution is 6.79. The molecule has 110 valence electrons. The summed E-state index contributed by atoms with van der Waals surface area (Å²) in [5.74, 6) is -0.190. The van der Waals surface area contributed by atoms with Gasteiger partial charge in [-0.2, -0.15) is 0 Å². The van der Waals surface area contributed by atoms with Crippen molar-refractivity contribution in [2.45, 2.75) is 76.2 Å². The van der Waals surface area contributed by atoms with Crippen molar-refractivity contribution in [2.75, 3.05) is 0 Å². The quantitative estimate of drug-likeness (QED) is 0.428. The molecule has 1 unspecified atom stereocenters. The Morgan fingerprint density at radius 1 is 1.37 bits per heavy atom. The van der Waals surface area contributed by atoms with Crippen LogP contribution >= 0.6 is 0 Å². The van der Waals surface area contributed by atoms with Crippen LogP contribution in [0.3, 0.4) is 0 Å². The fourth-order valence-electron chi connectivity index (χ4n) is 3.46. The fraction of sp³-hybridized carbons (Fsp3) is 0.800. The average Bonchev–Trinajstić information content (AvgIpc) is 2.11. The third kappa shape index (κ3) is 5.26. The van der Waals surface area contributed by atoms with E-state index in [0.29, 0.717) is 5.57 Å². The van der Waals surface area contributed by atoms with E-state index in [0.717, 1.165) is 18.5 Å². The van der Waals surface area contributed by atoms with Crippen LogP contribution in [0.4, 0.5) is 0 Å². The van der Waals surface area contributed by atoms with E-state index in [4.69, 9.17) is 4.74 Å². The van der Waals surface area contributed by atoms with Crippen LogP contribution in [0.1, 0.15) is 19.8 Å². The molecule has 0 radical (unpaired) electrons. The lowest BCUT2D eigenvalue weighted by molar-refractivity contribution is -0.152. The lowest BCUT2D eigenvalue weighted by Gasteiger charge is -2.46. The van der Waals surface area contributed by atoms with Gasteiger partial charge in [-0.3, -0.25) is 0 Å². The molecule has 0 aliphatic carbocycles. The molecule has 0 aromatic carbocycles. The topological polar surface area (TPSA) is 26.3 Å². The molecule has 4 heteroatoms. The highest BCUT2D eigenvalue weighted by Crippen LogP contribution is 2.43. The molecule has 1 fully saturated rings. The molecule has 2 nitrogen and oxygen atoms in total. The zero-order chi connectivity index (χ0) is 14.9. The summed E-state index contributed by atoms with van der Waals surface area (Å²) in [6, 6.07) is 3.59. The van der Waals surface area contributed by atoms with E-state index in [1.54, 1.807) is 6.92 Å². The van der Waals surface area contributed by atoms with Crippen LogP contribution in [0, 0.1) is 0 Å². The van der Waals surface area contributed by atoms with Gasteiger partial charge in [-0.25, -0.2) is 4.79 Å². The summed E-state index contributed by atoms with van der Waals surface area (Å²) in [6.07, 6.45) is 2.26. The van der Waals surface area contributed by atoms with Gasteiger partial charge in [-0.1, -0.05) is 51.8 Å². The average molecular weight is 299 g/mol. The molecular weight excluding hydrogens is 268 g/mol. The molecule has 1 saturated heterocycles. The monoisotopic (exact) mass is 298 g/mol. The SMILES string of the molecule is C=C(C)C(=O)OC1(C[Si](C)(C)C)CCC[Si](C)(C)C1. The van der Waals surface area contributed by atoms with Gasteiger partial charge in [-0.15, -0.1) is 0 Å². The van der Waals surface area contributed by atoms with Gasteiger partial charge in [0.15, 0.2) is 0 Å². The minimum absolute atomic E-state index is 0.186. The van der Waals surface area contributed by atoms with Crippen molar-refractivity contribution >= 4 is 22.1 Å². The van der Waals surface area contributed by atoms with Gasteiger partial charge in [0.25, 0.3) is 0 Å². The van der Waals surface area contributed by atoms with Gasteiger partial charge in [-0.05, 0) is 25.4 Å². The van der Waals surface area contributed by atoms with Crippen LogP contribution < -0.4 is 0 Å². The molecule has 0 saturated carbocycles. The van der Waals surface area contributed by atoms with E-state index in [9.17, 15) is 4.79 Å². The first-order valence-electron chi connectivity index (χ1n) is 7.34. The summed E-state index contributed by atoms with van der Waals surface area (Å²) < 4.78 is 5.98. The minimum Gasteiger partial charge on any atom is -0.456 e. The number of rotatable bonds is 4. The van der Waals surface area contributed by atoms with Crippen molar-refractivity contribution in [3.8, 4) is 0 Å². The van der Waals surface area contributed by atoms with Crippen LogP contribution in [-0.2, 0) is 9.53 Å². The molecule has 1 heterocycles. The second-order valence-corrected chi connectivity index (χ2v) is 18.9. The first-order chi connectivity index (χ1) is 8.45. The van der Waals surface area contributed by atoms with Crippen LogP contribution in [0.25, 0.3) is 0 Å². The Kier molecular flexibility index (Phi) is 4.89. The van der Waals surface area contributed by atoms with Crippen molar-refractivity contribution < 1.29 is 9.53 Å². The maximum absolute atomic E-state index is 12.0. The van der Waals surface area contributed by atoms with Crippen molar-refractivity contribution in [3.63, 3.8) is 0 Å². The summed E-state index contributed by atoms with van der Waals surface area (Å²) in [6.45, 7) is 17.4. The zero-order valence-corrected chi connectivity index (χ0v) is 15.6. The largest absolute Gasteiger partial charge is 0.456 e. The predicted octanol–water partition coefficient (Wildman–Crippen LogP) is 4.68. The molecule has 1 aliphatic heterocycles. The van der Waals surface area contributed by atoms with E-state index >= 15 is 0 Å². The lowest BCUT2D eigenvalue weighted by Crippen LogP contribution is -2.50. The Hall–Kier alpha value is -0.356. The minimum atomic E-state index is -1.27. The third-order valence-electron chi connectivity index (χ3n) is 3.80. The maximum atomic E-state index is 12.0. The predicted molar refractivity (Wildman–Crippen MR) is 88.1 cm³/mol. The lowest BCUT2D eigenvalue weighted by atomic mass is 10.0. The molecule has 1 aliphatic rings. The molecule has 0 N–H and O–H groups in total. The fourth-order valence-corrected chi connectivity index (χ4v) is 9.45. The number of carbonyl (C=O) groups is 1. The number of hydrogen-bond donors (Lipinski definition) is 0. The number of carbonyl (C=O) groups excluding carboxylic acids is 1. The molecule has 0 aromatic heterocycles. The summed E-state index contributed by atoms with van der Waals surface area (Å²) in [5, 5.41) is 0. The Labute approximate surface area is 120 Å². The molecule has 19 heavy (non-hydrogen) atoms. The standard InChI is InChI=1S/C15H30O2Si2/c1-13(2)14(16)17-15(11-18(3,4)5)9-8-10-19(6,7)12-15/h1,8-12H2,2-7H3. The van der Waals surface area contributed by atoms with Crippen LogP contribution in [0.5, 0.6) is 0 Å². The summed E-state index contributed by atoms with van der Waals surface area (Å²) in [7, 11) is -2.48. The molecule has 0 bridgehead atoms. The van der Waals surface area contributed by atoms with Gasteiger partial charge in [0, 0.05) is 13.6 Å². The Morgan fingerprint density at radius 3 is 2.37 bits per heavy atom. The molecule has 1 atom stereocenters. The third-order valence-corrected chi connectivity index (χ3v) is 8.81. The van der Waals surface area contributed by atoms with Crippen molar-refractivity contribution in [1.82, 2.24) is 0 Å². The van der Waals surface area contributed by atoms with Crippen LogP contribution in [0.15, 0.2) is 12.2 Å². The summed E-state index contributed by atoms with van der Waals surface area (Å²) >= 11 is 0. The maximum Gasteiger partial charge on any atom is 0.333 e. The van der Waals surface area contributed by atoms with Gasteiger partial charge >= 0.3 is 5.97 Å². The van der Waals surface area contributed by atoms with Crippen molar-refractivity contribution in [3.05, 3.63) is 12.2 Å². The number of ether oxygens (including phenoxy) is 1. The highest BCUT2D eigenvalue weighted by Gasteiger charge is 2.46. The second kappa shape index (κ2) is 5.56. The molecular formula is C15H30O2Si2. The van der Waals surface area contributed by atoms with Gasteiger partial charge in [0.05, 0.1) is 8.07 Å². The van der Waals surface area contributed by atoms with Crippen molar-refractivity contribution in [1.29, 1.82) is 0 Å². The smallest absolute Gasteiger partial charge is 0.333 e. The Morgan fingerprint density at radius 2 is 1.95 bits per heavy atom. The van der Waals surface area contributed by atoms with Gasteiger partial charge in [0.1, 0.15) is 5.60 Å². The van der Waals surface area contributed by atoms with E-state index < -0.39 is 16.1 Å². The van der Waals surface area contributed by atoms with E-state index in [2.05, 4.69) is 39.3 Å². The van der Waals surface area contributed by atoms with E-state index in [1.165, 1.54) is 12.5 Å². The first-order valence-corrected chi connectivity index (χ1v) is 14.5. The van der Waals surface area contributed by atoms with Crippen LogP contribution in [0.2, 0.25) is 50.9 Å².